The Hall–Kier alpha value is -1.69. The Labute approximate surface area is 117 Å². The van der Waals surface area contributed by atoms with Gasteiger partial charge in [-0.15, -0.1) is 6.58 Å². The van der Waals surface area contributed by atoms with Gasteiger partial charge in [0, 0.05) is 16.5 Å². The number of aliphatic carboxylic acids is 1. The molecule has 0 aliphatic carbocycles. The van der Waals surface area contributed by atoms with Crippen molar-refractivity contribution in [1.29, 1.82) is 0 Å². The number of hydrogen-bond acceptors (Lipinski definition) is 2. The van der Waals surface area contributed by atoms with E-state index in [1.54, 1.807) is 0 Å². The summed E-state index contributed by atoms with van der Waals surface area (Å²) in [6, 6.07) is 4.08. The van der Waals surface area contributed by atoms with Gasteiger partial charge >= 0.3 is 12.1 Å². The van der Waals surface area contributed by atoms with E-state index >= 15 is 0 Å². The molecule has 7 heteroatoms. The van der Waals surface area contributed by atoms with E-state index in [2.05, 4.69) is 6.58 Å². The van der Waals surface area contributed by atoms with Crippen molar-refractivity contribution in [2.24, 2.45) is 5.92 Å². The summed E-state index contributed by atoms with van der Waals surface area (Å²) in [5, 5.41) is 9.39. The molecular formula is C13H10ClF3O3. The average molecular weight is 307 g/mol. The number of ether oxygens (including phenoxy) is 1. The minimum atomic E-state index is -4.79. The lowest BCUT2D eigenvalue weighted by atomic mass is 9.79. The van der Waals surface area contributed by atoms with E-state index < -0.39 is 30.1 Å². The zero-order chi connectivity index (χ0) is 15.1. The Morgan fingerprint density at radius 1 is 1.45 bits per heavy atom. The molecule has 1 heterocycles. The second-order valence-electron chi connectivity index (χ2n) is 4.39. The molecule has 1 N–H and O–H groups in total. The summed E-state index contributed by atoms with van der Waals surface area (Å²) in [4.78, 5) is 11.2. The van der Waals surface area contributed by atoms with Gasteiger partial charge in [-0.3, -0.25) is 4.79 Å². The number of allylic oxidation sites excluding steroid dienone is 1. The van der Waals surface area contributed by atoms with Crippen LogP contribution in [-0.4, -0.2) is 23.4 Å². The van der Waals surface area contributed by atoms with E-state index in [0.29, 0.717) is 5.56 Å². The van der Waals surface area contributed by atoms with E-state index in [4.69, 9.17) is 21.4 Å². The number of hydrogen-bond donors (Lipinski definition) is 1. The molecule has 3 nitrogen and oxygen atoms in total. The minimum absolute atomic E-state index is 0.0286. The average Bonchev–Trinajstić information content (AvgIpc) is 2.35. The number of rotatable bonds is 2. The molecule has 0 spiro atoms. The molecule has 1 aliphatic heterocycles. The second-order valence-corrected chi connectivity index (χ2v) is 4.82. The zero-order valence-electron chi connectivity index (χ0n) is 10.0. The predicted molar refractivity (Wildman–Crippen MR) is 66.0 cm³/mol. The highest BCUT2D eigenvalue weighted by Crippen LogP contribution is 2.46. The number of carbonyl (C=O) groups is 1. The van der Waals surface area contributed by atoms with Crippen LogP contribution in [-0.2, 0) is 4.79 Å². The normalized spacial score (nSPS) is 25.5. The van der Waals surface area contributed by atoms with Gasteiger partial charge in [0.25, 0.3) is 0 Å². The van der Waals surface area contributed by atoms with Gasteiger partial charge in [0.2, 0.25) is 6.10 Å². The fourth-order valence-corrected chi connectivity index (χ4v) is 2.49. The number of halogens is 4. The molecule has 0 aromatic heterocycles. The van der Waals surface area contributed by atoms with Crippen molar-refractivity contribution in [2.75, 3.05) is 0 Å². The molecule has 0 radical (unpaired) electrons. The number of carboxylic acids is 1. The van der Waals surface area contributed by atoms with Gasteiger partial charge in [-0.05, 0) is 18.2 Å². The van der Waals surface area contributed by atoms with Gasteiger partial charge in [0.1, 0.15) is 11.7 Å². The molecule has 1 unspecified atom stereocenters. The van der Waals surface area contributed by atoms with Crippen LogP contribution < -0.4 is 4.74 Å². The van der Waals surface area contributed by atoms with Crippen LogP contribution in [0.3, 0.4) is 0 Å². The predicted octanol–water partition coefficient (Wildman–Crippen LogP) is 3.63. The molecule has 1 aromatic rings. The van der Waals surface area contributed by atoms with Crippen LogP contribution in [0, 0.1) is 5.92 Å². The first kappa shape index (κ1) is 14.7. The highest BCUT2D eigenvalue weighted by molar-refractivity contribution is 6.30. The third-order valence-electron chi connectivity index (χ3n) is 3.16. The summed E-state index contributed by atoms with van der Waals surface area (Å²) in [7, 11) is 0. The van der Waals surface area contributed by atoms with Crippen LogP contribution in [0.2, 0.25) is 5.02 Å². The molecule has 20 heavy (non-hydrogen) atoms. The maximum absolute atomic E-state index is 13.0. The molecule has 3 atom stereocenters. The summed E-state index contributed by atoms with van der Waals surface area (Å²) in [5.41, 5.74) is 0.292. The fraction of sp³-hybridized carbons (Fsp3) is 0.308. The van der Waals surface area contributed by atoms with E-state index in [0.717, 1.165) is 0 Å². The molecule has 108 valence electrons. The van der Waals surface area contributed by atoms with Crippen molar-refractivity contribution in [3.63, 3.8) is 0 Å². The first-order chi connectivity index (χ1) is 9.25. The molecule has 0 saturated carbocycles. The maximum Gasteiger partial charge on any atom is 0.426 e. The van der Waals surface area contributed by atoms with Gasteiger partial charge in [-0.25, -0.2) is 0 Å². The Bertz CT molecular complexity index is 556. The zero-order valence-corrected chi connectivity index (χ0v) is 10.8. The Balaban J connectivity index is 2.59. The van der Waals surface area contributed by atoms with Crippen molar-refractivity contribution < 1.29 is 27.8 Å². The first-order valence-electron chi connectivity index (χ1n) is 5.64. The smallest absolute Gasteiger partial charge is 0.426 e. The van der Waals surface area contributed by atoms with Crippen molar-refractivity contribution in [2.45, 2.75) is 18.2 Å². The maximum atomic E-state index is 13.0. The largest absolute Gasteiger partial charge is 0.481 e. The summed E-state index contributed by atoms with van der Waals surface area (Å²) < 4.78 is 43.8. The number of carboxylic acid groups (broad SMARTS) is 1. The Kier molecular flexibility index (Phi) is 3.69. The fourth-order valence-electron chi connectivity index (χ4n) is 2.31. The quantitative estimate of drug-likeness (QED) is 0.849. The lowest BCUT2D eigenvalue weighted by molar-refractivity contribution is -0.219. The van der Waals surface area contributed by atoms with Crippen molar-refractivity contribution in [3.05, 3.63) is 41.4 Å². The van der Waals surface area contributed by atoms with Crippen molar-refractivity contribution >= 4 is 17.6 Å². The van der Waals surface area contributed by atoms with Gasteiger partial charge in [-0.2, -0.15) is 13.2 Å². The topological polar surface area (TPSA) is 46.5 Å². The van der Waals surface area contributed by atoms with Crippen LogP contribution >= 0.6 is 11.6 Å². The third kappa shape index (κ3) is 2.47. The standard InChI is InChI=1S/C13H10ClF3O3/c1-2-7-8-5-6(14)3-4-9(8)20-11(13(15,16)17)10(7)12(18)19/h2-5,7,10-11H,1H2,(H,18,19)/t7?,10-,11+/m1/s1. The number of benzene rings is 1. The minimum Gasteiger partial charge on any atom is -0.481 e. The van der Waals surface area contributed by atoms with Crippen LogP contribution in [0.4, 0.5) is 13.2 Å². The Morgan fingerprint density at radius 3 is 2.60 bits per heavy atom. The summed E-state index contributed by atoms with van der Waals surface area (Å²) in [6.45, 7) is 3.43. The second kappa shape index (κ2) is 5.01. The summed E-state index contributed by atoms with van der Waals surface area (Å²) in [5.74, 6) is -4.44. The van der Waals surface area contributed by atoms with E-state index in [1.165, 1.54) is 24.3 Å². The van der Waals surface area contributed by atoms with Crippen molar-refractivity contribution in [1.82, 2.24) is 0 Å². The third-order valence-corrected chi connectivity index (χ3v) is 3.39. The van der Waals surface area contributed by atoms with Gasteiger partial charge in [-0.1, -0.05) is 17.7 Å². The molecule has 2 rings (SSSR count). The van der Waals surface area contributed by atoms with Gasteiger partial charge in [0.05, 0.1) is 0 Å². The molecule has 0 bridgehead atoms. The van der Waals surface area contributed by atoms with Crippen LogP contribution in [0.15, 0.2) is 30.9 Å². The van der Waals surface area contributed by atoms with Crippen LogP contribution in [0.25, 0.3) is 0 Å². The highest BCUT2D eigenvalue weighted by atomic mass is 35.5. The molecule has 0 fully saturated rings. The SMILES string of the molecule is C=CC1c2cc(Cl)ccc2O[C@H](C(F)(F)F)[C@@H]1C(=O)O. The van der Waals surface area contributed by atoms with Gasteiger partial charge in [0.15, 0.2) is 0 Å². The van der Waals surface area contributed by atoms with Crippen LogP contribution in [0.1, 0.15) is 11.5 Å². The lowest BCUT2D eigenvalue weighted by Crippen LogP contribution is -2.49. The summed E-state index contributed by atoms with van der Waals surface area (Å²) in [6.07, 6.45) is -6.03. The van der Waals surface area contributed by atoms with E-state index in [9.17, 15) is 18.0 Å². The highest BCUT2D eigenvalue weighted by Gasteiger charge is 2.55. The Morgan fingerprint density at radius 2 is 2.10 bits per heavy atom. The molecule has 1 aromatic carbocycles. The van der Waals surface area contributed by atoms with E-state index in [-0.39, 0.29) is 10.8 Å². The monoisotopic (exact) mass is 306 g/mol. The first-order valence-corrected chi connectivity index (χ1v) is 6.01. The lowest BCUT2D eigenvalue weighted by Gasteiger charge is -2.36. The van der Waals surface area contributed by atoms with Gasteiger partial charge < -0.3 is 9.84 Å². The number of alkyl halides is 3. The molecule has 0 saturated heterocycles. The molecule has 0 amide bonds. The number of fused-ring (bicyclic) bond motifs is 1. The summed E-state index contributed by atoms with van der Waals surface area (Å²) >= 11 is 5.79. The molecular weight excluding hydrogens is 297 g/mol. The van der Waals surface area contributed by atoms with E-state index in [1.807, 2.05) is 0 Å². The molecule has 1 aliphatic rings. The van der Waals surface area contributed by atoms with Crippen LogP contribution in [0.5, 0.6) is 5.75 Å². The van der Waals surface area contributed by atoms with Crippen molar-refractivity contribution in [3.8, 4) is 5.75 Å².